The minimum absolute atomic E-state index is 0.0997. The second-order valence-electron chi connectivity index (χ2n) is 6.76. The molecule has 0 fully saturated rings. The average Bonchev–Trinajstić information content (AvgIpc) is 2.68. The van der Waals surface area contributed by atoms with Gasteiger partial charge in [-0.1, -0.05) is 40.9 Å². The van der Waals surface area contributed by atoms with Crippen LogP contribution in [0.1, 0.15) is 21.5 Å². The van der Waals surface area contributed by atoms with Crippen molar-refractivity contribution in [1.82, 2.24) is 0 Å². The molecule has 0 bridgehead atoms. The summed E-state index contributed by atoms with van der Waals surface area (Å²) in [4.78, 5) is 24.5. The average molecular weight is 443 g/mol. The summed E-state index contributed by atoms with van der Waals surface area (Å²) in [5.41, 5.74) is 3.59. The number of rotatable bonds is 6. The number of carbonyl (C=O) groups excluding carboxylic acids is 2. The van der Waals surface area contributed by atoms with Crippen molar-refractivity contribution in [2.75, 3.05) is 17.2 Å². The fourth-order valence-corrected chi connectivity index (χ4v) is 3.30. The van der Waals surface area contributed by atoms with E-state index in [0.29, 0.717) is 27.7 Å². The topological polar surface area (TPSA) is 67.4 Å². The molecule has 0 atom stereocenters. The summed E-state index contributed by atoms with van der Waals surface area (Å²) in [6.45, 7) is 3.83. The van der Waals surface area contributed by atoms with Gasteiger partial charge in [0.1, 0.15) is 5.75 Å². The number of halogens is 2. The predicted molar refractivity (Wildman–Crippen MR) is 121 cm³/mol. The number of aryl methyl sites for hydroxylation is 2. The number of amides is 2. The van der Waals surface area contributed by atoms with Crippen LogP contribution in [-0.2, 0) is 4.79 Å². The molecule has 0 radical (unpaired) electrons. The Morgan fingerprint density at radius 1 is 0.867 bits per heavy atom. The maximum absolute atomic E-state index is 12.4. The van der Waals surface area contributed by atoms with E-state index in [1.165, 1.54) is 6.07 Å². The SMILES string of the molecule is Cc1ccc(OCC(=O)Nc2ccc(NC(=O)c3ccc(Cl)cc3Cl)cc2)c(C)c1. The Bertz CT molecular complexity index is 1080. The fraction of sp³-hybridized carbons (Fsp3) is 0.130. The zero-order valence-electron chi connectivity index (χ0n) is 16.5. The van der Waals surface area contributed by atoms with E-state index >= 15 is 0 Å². The summed E-state index contributed by atoms with van der Waals surface area (Å²) >= 11 is 11.9. The van der Waals surface area contributed by atoms with Crippen LogP contribution in [0.4, 0.5) is 11.4 Å². The van der Waals surface area contributed by atoms with Crippen LogP contribution in [-0.4, -0.2) is 18.4 Å². The first kappa shape index (κ1) is 21.7. The minimum Gasteiger partial charge on any atom is -0.483 e. The first-order chi connectivity index (χ1) is 14.3. The van der Waals surface area contributed by atoms with Gasteiger partial charge in [0.25, 0.3) is 11.8 Å². The highest BCUT2D eigenvalue weighted by Crippen LogP contribution is 2.23. The molecule has 154 valence electrons. The van der Waals surface area contributed by atoms with Crippen LogP contribution in [0.25, 0.3) is 0 Å². The number of carbonyl (C=O) groups is 2. The van der Waals surface area contributed by atoms with Gasteiger partial charge in [0.2, 0.25) is 0 Å². The van der Waals surface area contributed by atoms with Gasteiger partial charge in [0.05, 0.1) is 10.6 Å². The van der Waals surface area contributed by atoms with Gasteiger partial charge in [-0.3, -0.25) is 9.59 Å². The minimum atomic E-state index is -0.352. The van der Waals surface area contributed by atoms with Crippen LogP contribution >= 0.6 is 23.2 Å². The van der Waals surface area contributed by atoms with Crippen molar-refractivity contribution in [1.29, 1.82) is 0 Å². The number of ether oxygens (including phenoxy) is 1. The quantitative estimate of drug-likeness (QED) is 0.500. The molecule has 0 aliphatic carbocycles. The van der Waals surface area contributed by atoms with Gasteiger partial charge in [-0.25, -0.2) is 0 Å². The molecule has 0 unspecified atom stereocenters. The Kier molecular flexibility index (Phi) is 6.98. The lowest BCUT2D eigenvalue weighted by Gasteiger charge is -2.11. The molecule has 3 aromatic rings. The first-order valence-electron chi connectivity index (χ1n) is 9.18. The van der Waals surface area contributed by atoms with Crippen LogP contribution in [0.3, 0.4) is 0 Å². The van der Waals surface area contributed by atoms with E-state index in [2.05, 4.69) is 10.6 Å². The molecule has 3 rings (SSSR count). The van der Waals surface area contributed by atoms with Crippen LogP contribution in [0.15, 0.2) is 60.7 Å². The molecule has 0 saturated carbocycles. The molecule has 5 nitrogen and oxygen atoms in total. The van der Waals surface area contributed by atoms with Crippen LogP contribution in [0.2, 0.25) is 10.0 Å². The summed E-state index contributed by atoms with van der Waals surface area (Å²) in [6, 6.07) is 17.2. The smallest absolute Gasteiger partial charge is 0.262 e. The summed E-state index contributed by atoms with van der Waals surface area (Å²) < 4.78 is 5.58. The Hall–Kier alpha value is -3.02. The third kappa shape index (κ3) is 5.75. The predicted octanol–water partition coefficient (Wildman–Crippen LogP) is 5.88. The van der Waals surface area contributed by atoms with Gasteiger partial charge in [0.15, 0.2) is 6.61 Å². The van der Waals surface area contributed by atoms with Crippen molar-refractivity contribution in [3.8, 4) is 5.75 Å². The van der Waals surface area contributed by atoms with Gasteiger partial charge in [-0.2, -0.15) is 0 Å². The molecule has 30 heavy (non-hydrogen) atoms. The summed E-state index contributed by atoms with van der Waals surface area (Å²) in [7, 11) is 0. The zero-order chi connectivity index (χ0) is 21.7. The maximum atomic E-state index is 12.4. The van der Waals surface area contributed by atoms with Gasteiger partial charge < -0.3 is 15.4 Å². The summed E-state index contributed by atoms with van der Waals surface area (Å²) in [5, 5.41) is 6.24. The molecule has 3 aromatic carbocycles. The van der Waals surface area contributed by atoms with E-state index in [0.717, 1.165) is 11.1 Å². The molecule has 2 N–H and O–H groups in total. The van der Waals surface area contributed by atoms with Gasteiger partial charge in [-0.05, 0) is 67.9 Å². The maximum Gasteiger partial charge on any atom is 0.262 e. The number of benzene rings is 3. The second-order valence-corrected chi connectivity index (χ2v) is 7.61. The Balaban J connectivity index is 1.54. The second kappa shape index (κ2) is 9.65. The van der Waals surface area contributed by atoms with Crippen molar-refractivity contribution in [2.45, 2.75) is 13.8 Å². The molecule has 0 aromatic heterocycles. The molecule has 0 aliphatic rings. The zero-order valence-corrected chi connectivity index (χ0v) is 18.0. The molecule has 2 amide bonds. The fourth-order valence-electron chi connectivity index (χ4n) is 2.81. The highest BCUT2D eigenvalue weighted by Gasteiger charge is 2.11. The molecule has 0 spiro atoms. The van der Waals surface area contributed by atoms with Crippen LogP contribution < -0.4 is 15.4 Å². The third-order valence-electron chi connectivity index (χ3n) is 4.29. The van der Waals surface area contributed by atoms with E-state index in [-0.39, 0.29) is 23.4 Å². The monoisotopic (exact) mass is 442 g/mol. The number of hydrogen-bond acceptors (Lipinski definition) is 3. The highest BCUT2D eigenvalue weighted by atomic mass is 35.5. The lowest BCUT2D eigenvalue weighted by molar-refractivity contribution is -0.118. The number of nitrogens with one attached hydrogen (secondary N) is 2. The van der Waals surface area contributed by atoms with Crippen molar-refractivity contribution >= 4 is 46.4 Å². The van der Waals surface area contributed by atoms with E-state index < -0.39 is 0 Å². The van der Waals surface area contributed by atoms with Gasteiger partial charge in [0, 0.05) is 16.4 Å². The third-order valence-corrected chi connectivity index (χ3v) is 4.84. The molecule has 0 aliphatic heterocycles. The van der Waals surface area contributed by atoms with Crippen molar-refractivity contribution in [3.05, 3.63) is 87.4 Å². The lowest BCUT2D eigenvalue weighted by Crippen LogP contribution is -2.20. The summed E-state index contributed by atoms with van der Waals surface area (Å²) in [6.07, 6.45) is 0. The molecule has 7 heteroatoms. The lowest BCUT2D eigenvalue weighted by atomic mass is 10.1. The van der Waals surface area contributed by atoms with Crippen LogP contribution in [0, 0.1) is 13.8 Å². The van der Waals surface area contributed by atoms with E-state index in [9.17, 15) is 9.59 Å². The van der Waals surface area contributed by atoms with Crippen LogP contribution in [0.5, 0.6) is 5.75 Å². The molecular weight excluding hydrogens is 423 g/mol. The van der Waals surface area contributed by atoms with E-state index in [1.807, 2.05) is 32.0 Å². The highest BCUT2D eigenvalue weighted by molar-refractivity contribution is 6.37. The standard InChI is InChI=1S/C23H20Cl2N2O3/c1-14-3-10-21(15(2)11-14)30-13-22(28)26-17-5-7-18(8-6-17)27-23(29)19-9-4-16(24)12-20(19)25/h3-12H,13H2,1-2H3,(H,26,28)(H,27,29). The molecule has 0 saturated heterocycles. The van der Waals surface area contributed by atoms with E-state index in [1.54, 1.807) is 36.4 Å². The molecular formula is C23H20Cl2N2O3. The number of anilines is 2. The first-order valence-corrected chi connectivity index (χ1v) is 9.94. The van der Waals surface area contributed by atoms with E-state index in [4.69, 9.17) is 27.9 Å². The molecule has 0 heterocycles. The number of hydrogen-bond donors (Lipinski definition) is 2. The van der Waals surface area contributed by atoms with Crippen molar-refractivity contribution in [2.24, 2.45) is 0 Å². The Morgan fingerprint density at radius 3 is 2.17 bits per heavy atom. The Labute approximate surface area is 185 Å². The largest absolute Gasteiger partial charge is 0.483 e. The normalized spacial score (nSPS) is 10.4. The summed E-state index contributed by atoms with van der Waals surface area (Å²) in [5.74, 6) is 0.0460. The Morgan fingerprint density at radius 2 is 1.53 bits per heavy atom. The van der Waals surface area contributed by atoms with Crippen molar-refractivity contribution < 1.29 is 14.3 Å². The van der Waals surface area contributed by atoms with Crippen molar-refractivity contribution in [3.63, 3.8) is 0 Å². The van der Waals surface area contributed by atoms with Gasteiger partial charge in [-0.15, -0.1) is 0 Å². The van der Waals surface area contributed by atoms with Gasteiger partial charge >= 0.3 is 0 Å².